The summed E-state index contributed by atoms with van der Waals surface area (Å²) in [5.74, 6) is 1.53. The number of benzene rings is 1. The third-order valence-electron chi connectivity index (χ3n) is 4.39. The Hall–Kier alpha value is -2.12. The van der Waals surface area contributed by atoms with Gasteiger partial charge in [0.2, 0.25) is 5.91 Å². The highest BCUT2D eigenvalue weighted by Gasteiger charge is 2.20. The maximum atomic E-state index is 12.6. The van der Waals surface area contributed by atoms with Gasteiger partial charge < -0.3 is 10.1 Å². The lowest BCUT2D eigenvalue weighted by molar-refractivity contribution is -0.120. The van der Waals surface area contributed by atoms with Crippen molar-refractivity contribution in [2.45, 2.75) is 44.5 Å². The third-order valence-corrected chi connectivity index (χ3v) is 6.58. The van der Waals surface area contributed by atoms with Crippen LogP contribution in [0.15, 0.2) is 29.3 Å². The van der Waals surface area contributed by atoms with Crippen LogP contribution in [0.2, 0.25) is 0 Å². The highest BCUT2D eigenvalue weighted by Crippen LogP contribution is 2.36. The maximum absolute atomic E-state index is 12.6. The smallest absolute Gasteiger partial charge is 0.233 e. The van der Waals surface area contributed by atoms with E-state index in [0.29, 0.717) is 6.54 Å². The summed E-state index contributed by atoms with van der Waals surface area (Å²) >= 11 is 3.17. The fourth-order valence-electron chi connectivity index (χ4n) is 2.70. The average Bonchev–Trinajstić information content (AvgIpc) is 2.93. The van der Waals surface area contributed by atoms with E-state index in [1.165, 1.54) is 22.2 Å². The molecule has 2 aromatic heterocycles. The molecule has 0 aliphatic carbocycles. The molecule has 0 saturated heterocycles. The van der Waals surface area contributed by atoms with E-state index in [1.807, 2.05) is 38.1 Å². The Morgan fingerprint density at radius 1 is 1.22 bits per heavy atom. The molecule has 2 heterocycles. The molecule has 1 aromatic carbocycles. The van der Waals surface area contributed by atoms with E-state index in [9.17, 15) is 4.79 Å². The van der Waals surface area contributed by atoms with E-state index >= 15 is 0 Å². The van der Waals surface area contributed by atoms with Gasteiger partial charge in [-0.15, -0.1) is 11.3 Å². The van der Waals surface area contributed by atoms with E-state index in [2.05, 4.69) is 29.1 Å². The number of hydrogen-bond acceptors (Lipinski definition) is 6. The number of methoxy groups -OCH3 is 1. The zero-order chi connectivity index (χ0) is 19.6. The van der Waals surface area contributed by atoms with Gasteiger partial charge in [0, 0.05) is 16.8 Å². The molecule has 0 saturated carbocycles. The molecule has 0 fully saturated rings. The van der Waals surface area contributed by atoms with Gasteiger partial charge in [-0.3, -0.25) is 4.79 Å². The number of aryl methyl sites for hydroxylation is 3. The molecule has 0 bridgehead atoms. The monoisotopic (exact) mass is 401 g/mol. The molecule has 27 heavy (non-hydrogen) atoms. The number of carbonyl (C=O) groups is 1. The number of thioether (sulfide) groups is 1. The van der Waals surface area contributed by atoms with Crippen molar-refractivity contribution in [2.75, 3.05) is 7.11 Å². The number of hydrogen-bond donors (Lipinski definition) is 1. The second-order valence-corrected chi connectivity index (χ2v) is 8.90. The lowest BCUT2D eigenvalue weighted by atomic mass is 10.2. The number of amides is 1. The van der Waals surface area contributed by atoms with E-state index in [0.717, 1.165) is 32.4 Å². The Morgan fingerprint density at radius 2 is 1.93 bits per heavy atom. The minimum absolute atomic E-state index is 0.00941. The van der Waals surface area contributed by atoms with Crippen molar-refractivity contribution in [1.29, 1.82) is 0 Å². The van der Waals surface area contributed by atoms with Crippen molar-refractivity contribution >= 4 is 39.2 Å². The van der Waals surface area contributed by atoms with Crippen molar-refractivity contribution < 1.29 is 9.53 Å². The average molecular weight is 402 g/mol. The van der Waals surface area contributed by atoms with Crippen molar-refractivity contribution in [2.24, 2.45) is 0 Å². The second kappa shape index (κ2) is 8.27. The number of aromatic nitrogens is 2. The minimum atomic E-state index is -0.250. The molecular formula is C20H23N3O2S2. The van der Waals surface area contributed by atoms with Crippen LogP contribution < -0.4 is 10.1 Å². The van der Waals surface area contributed by atoms with Crippen molar-refractivity contribution in [3.8, 4) is 5.75 Å². The number of rotatable bonds is 6. The van der Waals surface area contributed by atoms with Crippen LogP contribution in [0.3, 0.4) is 0 Å². The van der Waals surface area contributed by atoms with Gasteiger partial charge in [-0.1, -0.05) is 23.9 Å². The Kier molecular flexibility index (Phi) is 6.01. The number of fused-ring (bicyclic) bond motifs is 1. The van der Waals surface area contributed by atoms with Gasteiger partial charge >= 0.3 is 0 Å². The third kappa shape index (κ3) is 4.42. The number of nitrogens with one attached hydrogen (secondary N) is 1. The van der Waals surface area contributed by atoms with Gasteiger partial charge in [0.25, 0.3) is 0 Å². The van der Waals surface area contributed by atoms with Gasteiger partial charge in [0.05, 0.1) is 12.4 Å². The van der Waals surface area contributed by atoms with E-state index in [4.69, 9.17) is 4.74 Å². The molecule has 3 rings (SSSR count). The normalized spacial score (nSPS) is 12.2. The first-order valence-corrected chi connectivity index (χ1v) is 10.4. The number of ether oxygens (including phenoxy) is 1. The van der Waals surface area contributed by atoms with Crippen LogP contribution in [0.5, 0.6) is 5.75 Å². The van der Waals surface area contributed by atoms with Crippen LogP contribution in [0, 0.1) is 20.8 Å². The van der Waals surface area contributed by atoms with Crippen molar-refractivity contribution in [3.05, 3.63) is 46.1 Å². The molecule has 0 radical (unpaired) electrons. The predicted octanol–water partition coefficient (Wildman–Crippen LogP) is 4.42. The number of nitrogens with zero attached hydrogens (tertiary/aromatic N) is 2. The molecule has 142 valence electrons. The van der Waals surface area contributed by atoms with Gasteiger partial charge in [0.1, 0.15) is 21.4 Å². The van der Waals surface area contributed by atoms with Crippen LogP contribution in [0.4, 0.5) is 0 Å². The van der Waals surface area contributed by atoms with E-state index < -0.39 is 0 Å². The Morgan fingerprint density at radius 3 is 2.59 bits per heavy atom. The first-order chi connectivity index (χ1) is 12.9. The van der Waals surface area contributed by atoms with E-state index in [-0.39, 0.29) is 11.2 Å². The summed E-state index contributed by atoms with van der Waals surface area (Å²) in [6, 6.07) is 7.68. The number of carbonyl (C=O) groups excluding carboxylic acids is 1. The quantitative estimate of drug-likeness (QED) is 0.489. The summed E-state index contributed by atoms with van der Waals surface area (Å²) in [6.45, 7) is 8.47. The molecule has 3 aromatic rings. The second-order valence-electron chi connectivity index (χ2n) is 6.37. The Bertz CT molecular complexity index is 968. The molecule has 1 unspecified atom stereocenters. The van der Waals surface area contributed by atoms with Crippen LogP contribution in [0.25, 0.3) is 10.2 Å². The fourth-order valence-corrected chi connectivity index (χ4v) is 4.91. The summed E-state index contributed by atoms with van der Waals surface area (Å²) in [4.78, 5) is 23.9. The molecule has 0 aliphatic rings. The first-order valence-electron chi connectivity index (χ1n) is 8.70. The summed E-state index contributed by atoms with van der Waals surface area (Å²) < 4.78 is 5.15. The number of thiophene rings is 1. The van der Waals surface area contributed by atoms with E-state index in [1.54, 1.807) is 18.4 Å². The summed E-state index contributed by atoms with van der Waals surface area (Å²) in [7, 11) is 1.64. The zero-order valence-electron chi connectivity index (χ0n) is 16.1. The summed E-state index contributed by atoms with van der Waals surface area (Å²) in [5.41, 5.74) is 2.23. The van der Waals surface area contributed by atoms with Crippen molar-refractivity contribution in [3.63, 3.8) is 0 Å². The van der Waals surface area contributed by atoms with Gasteiger partial charge in [-0.05, 0) is 51.0 Å². The Labute approximate surface area is 167 Å². The molecule has 1 N–H and O–H groups in total. The molecule has 1 atom stereocenters. The molecular weight excluding hydrogens is 378 g/mol. The largest absolute Gasteiger partial charge is 0.497 e. The molecule has 5 nitrogen and oxygen atoms in total. The topological polar surface area (TPSA) is 64.1 Å². The Balaban J connectivity index is 1.70. The lowest BCUT2D eigenvalue weighted by Crippen LogP contribution is -2.30. The predicted molar refractivity (Wildman–Crippen MR) is 112 cm³/mol. The van der Waals surface area contributed by atoms with Gasteiger partial charge in [-0.25, -0.2) is 9.97 Å². The zero-order valence-corrected chi connectivity index (χ0v) is 17.8. The minimum Gasteiger partial charge on any atom is -0.497 e. The SMILES string of the molecule is COc1ccc(CNC(=O)C(C)Sc2nc(C)nc3sc(C)c(C)c23)cc1. The maximum Gasteiger partial charge on any atom is 0.233 e. The van der Waals surface area contributed by atoms with Crippen LogP contribution >= 0.6 is 23.1 Å². The van der Waals surface area contributed by atoms with Crippen LogP contribution in [0.1, 0.15) is 28.8 Å². The highest BCUT2D eigenvalue weighted by atomic mass is 32.2. The molecule has 0 aliphatic heterocycles. The molecule has 1 amide bonds. The highest BCUT2D eigenvalue weighted by molar-refractivity contribution is 8.00. The lowest BCUT2D eigenvalue weighted by Gasteiger charge is -2.13. The van der Waals surface area contributed by atoms with Crippen LogP contribution in [-0.2, 0) is 11.3 Å². The fraction of sp³-hybridized carbons (Fsp3) is 0.350. The first kappa shape index (κ1) is 19.6. The summed E-state index contributed by atoms with van der Waals surface area (Å²) in [5, 5.41) is 4.70. The van der Waals surface area contributed by atoms with Gasteiger partial charge in [-0.2, -0.15) is 0 Å². The summed E-state index contributed by atoms with van der Waals surface area (Å²) in [6.07, 6.45) is 0. The standard InChI is InChI=1S/C20H23N3O2S2/c1-11-12(2)26-19-17(11)20(23-14(4)22-19)27-13(3)18(24)21-10-15-6-8-16(25-5)9-7-15/h6-9,13H,10H2,1-5H3,(H,21,24). The van der Waals surface area contributed by atoms with Crippen LogP contribution in [-0.4, -0.2) is 28.2 Å². The molecule has 7 heteroatoms. The van der Waals surface area contributed by atoms with Crippen molar-refractivity contribution in [1.82, 2.24) is 15.3 Å². The molecule has 0 spiro atoms. The van der Waals surface area contributed by atoms with Gasteiger partial charge in [0.15, 0.2) is 0 Å².